The van der Waals surface area contributed by atoms with Crippen LogP contribution in [0.4, 0.5) is 0 Å². The van der Waals surface area contributed by atoms with E-state index in [4.69, 9.17) is 4.99 Å². The Morgan fingerprint density at radius 3 is 2.83 bits per heavy atom. The molecule has 0 radical (unpaired) electrons. The molecule has 0 amide bonds. The van der Waals surface area contributed by atoms with Crippen molar-refractivity contribution in [2.24, 2.45) is 12.0 Å². The largest absolute Gasteiger partial charge is 0.357 e. The van der Waals surface area contributed by atoms with E-state index < -0.39 is 0 Å². The lowest BCUT2D eigenvalue weighted by Crippen LogP contribution is -2.38. The lowest BCUT2D eigenvalue weighted by molar-refractivity contribution is 0.462. The van der Waals surface area contributed by atoms with Crippen molar-refractivity contribution in [3.63, 3.8) is 0 Å². The Labute approximate surface area is 158 Å². The van der Waals surface area contributed by atoms with Crippen LogP contribution in [-0.4, -0.2) is 35.6 Å². The first-order valence-electron chi connectivity index (χ1n) is 8.48. The average molecular weight is 430 g/mol. The van der Waals surface area contributed by atoms with Crippen LogP contribution in [0.15, 0.2) is 35.0 Å². The Morgan fingerprint density at radius 1 is 1.39 bits per heavy atom. The van der Waals surface area contributed by atoms with Crippen LogP contribution in [0.5, 0.6) is 0 Å². The molecule has 0 atom stereocenters. The standard InChI is InChI=1S/C18H30N4.HI/c1-4-19-18(20-13-12-16-9-6-5-7-10-16)22(3)15-17-11-8-14-21(17)2;/h8-9,11,14H,4-7,10,12-13,15H2,1-3H3,(H,19,20);1H. The fourth-order valence-corrected chi connectivity index (χ4v) is 2.89. The van der Waals surface area contributed by atoms with Crippen molar-refractivity contribution in [3.8, 4) is 0 Å². The molecular weight excluding hydrogens is 399 g/mol. The Hall–Kier alpha value is -0.980. The second-order valence-electron chi connectivity index (χ2n) is 6.06. The highest BCUT2D eigenvalue weighted by Gasteiger charge is 2.08. The topological polar surface area (TPSA) is 32.6 Å². The predicted molar refractivity (Wildman–Crippen MR) is 109 cm³/mol. The summed E-state index contributed by atoms with van der Waals surface area (Å²) in [7, 11) is 4.19. The van der Waals surface area contributed by atoms with Gasteiger partial charge in [0.05, 0.1) is 6.54 Å². The molecule has 0 bridgehead atoms. The number of allylic oxidation sites excluding steroid dienone is 1. The lowest BCUT2D eigenvalue weighted by atomic mass is 9.97. The van der Waals surface area contributed by atoms with Crippen LogP contribution in [0.1, 0.15) is 44.7 Å². The molecule has 0 saturated carbocycles. The molecule has 0 unspecified atom stereocenters. The maximum atomic E-state index is 4.80. The molecule has 4 nitrogen and oxygen atoms in total. The van der Waals surface area contributed by atoms with Gasteiger partial charge in [-0.15, -0.1) is 24.0 Å². The first-order valence-corrected chi connectivity index (χ1v) is 8.48. The van der Waals surface area contributed by atoms with Crippen molar-refractivity contribution in [3.05, 3.63) is 35.7 Å². The average Bonchev–Trinajstić information content (AvgIpc) is 2.92. The third-order valence-electron chi connectivity index (χ3n) is 4.23. The van der Waals surface area contributed by atoms with E-state index in [0.717, 1.165) is 32.0 Å². The molecule has 1 N–H and O–H groups in total. The molecule has 23 heavy (non-hydrogen) atoms. The van der Waals surface area contributed by atoms with Crippen molar-refractivity contribution >= 4 is 29.9 Å². The van der Waals surface area contributed by atoms with E-state index in [-0.39, 0.29) is 24.0 Å². The fraction of sp³-hybridized carbons (Fsp3) is 0.611. The van der Waals surface area contributed by atoms with E-state index in [1.54, 1.807) is 5.57 Å². The number of aliphatic imine (C=N–C) groups is 1. The van der Waals surface area contributed by atoms with Crippen molar-refractivity contribution in [1.29, 1.82) is 0 Å². The highest BCUT2D eigenvalue weighted by atomic mass is 127. The van der Waals surface area contributed by atoms with Crippen LogP contribution >= 0.6 is 24.0 Å². The normalized spacial score (nSPS) is 14.9. The van der Waals surface area contributed by atoms with Gasteiger partial charge < -0.3 is 14.8 Å². The number of nitrogens with one attached hydrogen (secondary N) is 1. The van der Waals surface area contributed by atoms with Gasteiger partial charge in [-0.1, -0.05) is 11.6 Å². The molecular formula is C18H31IN4. The highest BCUT2D eigenvalue weighted by Crippen LogP contribution is 2.19. The summed E-state index contributed by atoms with van der Waals surface area (Å²) in [6, 6.07) is 4.25. The molecule has 0 fully saturated rings. The van der Waals surface area contributed by atoms with Crippen molar-refractivity contribution in [1.82, 2.24) is 14.8 Å². The van der Waals surface area contributed by atoms with E-state index in [1.165, 1.54) is 31.4 Å². The number of aromatic nitrogens is 1. The summed E-state index contributed by atoms with van der Waals surface area (Å²) in [5, 5.41) is 3.40. The second-order valence-corrected chi connectivity index (χ2v) is 6.06. The zero-order valence-electron chi connectivity index (χ0n) is 14.7. The zero-order chi connectivity index (χ0) is 15.8. The summed E-state index contributed by atoms with van der Waals surface area (Å²) in [4.78, 5) is 7.00. The number of rotatable bonds is 6. The van der Waals surface area contributed by atoms with Gasteiger partial charge in [-0.25, -0.2) is 0 Å². The zero-order valence-corrected chi connectivity index (χ0v) is 17.0. The van der Waals surface area contributed by atoms with Crippen molar-refractivity contribution < 1.29 is 0 Å². The van der Waals surface area contributed by atoms with Gasteiger partial charge in [0.25, 0.3) is 0 Å². The first-order chi connectivity index (χ1) is 10.7. The minimum absolute atomic E-state index is 0. The molecule has 2 rings (SSSR count). The third-order valence-corrected chi connectivity index (χ3v) is 4.23. The minimum Gasteiger partial charge on any atom is -0.357 e. The number of aryl methyl sites for hydroxylation is 1. The van der Waals surface area contributed by atoms with Gasteiger partial charge in [-0.2, -0.15) is 0 Å². The van der Waals surface area contributed by atoms with Crippen LogP contribution in [0.2, 0.25) is 0 Å². The van der Waals surface area contributed by atoms with Crippen molar-refractivity contribution in [2.75, 3.05) is 20.1 Å². The lowest BCUT2D eigenvalue weighted by Gasteiger charge is -2.22. The van der Waals surface area contributed by atoms with Crippen LogP contribution in [0, 0.1) is 0 Å². The molecule has 1 aromatic heterocycles. The monoisotopic (exact) mass is 430 g/mol. The number of hydrogen-bond acceptors (Lipinski definition) is 1. The van der Waals surface area contributed by atoms with Gasteiger partial charge in [-0.3, -0.25) is 4.99 Å². The quantitative estimate of drug-likeness (QED) is 0.321. The summed E-state index contributed by atoms with van der Waals surface area (Å²) in [6.45, 7) is 4.78. The Kier molecular flexibility index (Phi) is 9.36. The molecule has 1 heterocycles. The molecule has 1 aliphatic rings. The van der Waals surface area contributed by atoms with E-state index in [0.29, 0.717) is 0 Å². The molecule has 5 heteroatoms. The summed E-state index contributed by atoms with van der Waals surface area (Å²) in [6.07, 6.45) is 10.8. The second kappa shape index (κ2) is 10.7. The third kappa shape index (κ3) is 6.57. The number of guanidine groups is 1. The number of nitrogens with zero attached hydrogens (tertiary/aromatic N) is 3. The molecule has 0 saturated heterocycles. The highest BCUT2D eigenvalue weighted by molar-refractivity contribution is 14.0. The van der Waals surface area contributed by atoms with Crippen LogP contribution in [0.3, 0.4) is 0 Å². The van der Waals surface area contributed by atoms with E-state index in [9.17, 15) is 0 Å². The SMILES string of the molecule is CCNC(=NCCC1=CCCCC1)N(C)Cc1cccn1C.I. The van der Waals surface area contributed by atoms with Crippen LogP contribution in [-0.2, 0) is 13.6 Å². The van der Waals surface area contributed by atoms with E-state index in [1.807, 2.05) is 0 Å². The molecule has 0 spiro atoms. The Morgan fingerprint density at radius 2 is 2.22 bits per heavy atom. The molecule has 130 valence electrons. The predicted octanol–water partition coefficient (Wildman–Crippen LogP) is 3.93. The van der Waals surface area contributed by atoms with E-state index in [2.05, 4.69) is 60.2 Å². The summed E-state index contributed by atoms with van der Waals surface area (Å²) in [5.74, 6) is 1.00. The first kappa shape index (κ1) is 20.1. The van der Waals surface area contributed by atoms with Gasteiger partial charge in [0.15, 0.2) is 5.96 Å². The van der Waals surface area contributed by atoms with Gasteiger partial charge >= 0.3 is 0 Å². The number of halogens is 1. The summed E-state index contributed by atoms with van der Waals surface area (Å²) >= 11 is 0. The fourth-order valence-electron chi connectivity index (χ4n) is 2.89. The molecule has 1 aliphatic carbocycles. The minimum atomic E-state index is 0. The van der Waals surface area contributed by atoms with Gasteiger partial charge in [0.1, 0.15) is 0 Å². The molecule has 0 aromatic carbocycles. The maximum absolute atomic E-state index is 4.80. The number of hydrogen-bond donors (Lipinski definition) is 1. The molecule has 0 aliphatic heterocycles. The maximum Gasteiger partial charge on any atom is 0.194 e. The Balaban J connectivity index is 0.00000264. The van der Waals surface area contributed by atoms with Gasteiger partial charge in [0, 0.05) is 39.1 Å². The van der Waals surface area contributed by atoms with E-state index >= 15 is 0 Å². The summed E-state index contributed by atoms with van der Waals surface area (Å²) in [5.41, 5.74) is 2.89. The Bertz CT molecular complexity index is 519. The van der Waals surface area contributed by atoms with Crippen LogP contribution in [0.25, 0.3) is 0 Å². The smallest absolute Gasteiger partial charge is 0.194 e. The van der Waals surface area contributed by atoms with Gasteiger partial charge in [-0.05, 0) is 51.2 Å². The van der Waals surface area contributed by atoms with Gasteiger partial charge in [0.2, 0.25) is 0 Å². The molecule has 1 aromatic rings. The van der Waals surface area contributed by atoms with Crippen LogP contribution < -0.4 is 5.32 Å². The summed E-state index contributed by atoms with van der Waals surface area (Å²) < 4.78 is 2.16. The van der Waals surface area contributed by atoms with Crippen molar-refractivity contribution in [2.45, 2.75) is 45.6 Å².